The number of aromatic nitrogens is 3. The monoisotopic (exact) mass is 396 g/mol. The molecule has 0 aliphatic rings. The molecule has 0 atom stereocenters. The standard InChI is InChI=1S/C22H28N4O3/c1-5-28-20-8-7-17(13-21(20)29-6-2)9-10-23-22(27)14-26-19-12-16(4)15(3)11-18(19)24-25-26/h7-8,11-13H,5-6,9-10,14H2,1-4H3,(H,23,27). The second-order valence-corrected chi connectivity index (χ2v) is 6.92. The predicted molar refractivity (Wildman–Crippen MR) is 112 cm³/mol. The maximum Gasteiger partial charge on any atom is 0.241 e. The lowest BCUT2D eigenvalue weighted by Crippen LogP contribution is -2.29. The second kappa shape index (κ2) is 9.41. The number of fused-ring (bicyclic) bond motifs is 1. The zero-order valence-electron chi connectivity index (χ0n) is 17.5. The molecule has 1 aromatic heterocycles. The Balaban J connectivity index is 1.57. The van der Waals surface area contributed by atoms with Crippen molar-refractivity contribution in [3.63, 3.8) is 0 Å². The molecule has 7 nitrogen and oxygen atoms in total. The zero-order chi connectivity index (χ0) is 20.8. The fourth-order valence-corrected chi connectivity index (χ4v) is 3.13. The van der Waals surface area contributed by atoms with Crippen LogP contribution in [0.2, 0.25) is 0 Å². The molecule has 0 fully saturated rings. The Morgan fingerprint density at radius 2 is 1.76 bits per heavy atom. The van der Waals surface area contributed by atoms with Crippen molar-refractivity contribution in [3.8, 4) is 11.5 Å². The highest BCUT2D eigenvalue weighted by Crippen LogP contribution is 2.28. The van der Waals surface area contributed by atoms with Gasteiger partial charge in [-0.05, 0) is 75.1 Å². The van der Waals surface area contributed by atoms with Crippen LogP contribution >= 0.6 is 0 Å². The van der Waals surface area contributed by atoms with Gasteiger partial charge in [0, 0.05) is 6.54 Å². The molecule has 0 saturated heterocycles. The normalized spacial score (nSPS) is 10.9. The van der Waals surface area contributed by atoms with E-state index in [9.17, 15) is 4.79 Å². The first kappa shape index (κ1) is 20.6. The molecule has 0 aliphatic carbocycles. The number of hydrogen-bond acceptors (Lipinski definition) is 5. The van der Waals surface area contributed by atoms with Gasteiger partial charge in [0.15, 0.2) is 11.5 Å². The smallest absolute Gasteiger partial charge is 0.241 e. The molecule has 0 saturated carbocycles. The number of nitrogens with zero attached hydrogens (tertiary/aromatic N) is 3. The summed E-state index contributed by atoms with van der Waals surface area (Å²) in [5.74, 6) is 1.38. The number of nitrogens with one attached hydrogen (secondary N) is 1. The van der Waals surface area contributed by atoms with Crippen molar-refractivity contribution in [2.24, 2.45) is 0 Å². The topological polar surface area (TPSA) is 78.3 Å². The van der Waals surface area contributed by atoms with Gasteiger partial charge in [-0.3, -0.25) is 4.79 Å². The van der Waals surface area contributed by atoms with Crippen LogP contribution in [0.15, 0.2) is 30.3 Å². The third-order valence-corrected chi connectivity index (χ3v) is 4.77. The van der Waals surface area contributed by atoms with E-state index in [0.717, 1.165) is 39.2 Å². The molecule has 0 spiro atoms. The Labute approximate surface area is 171 Å². The molecule has 1 amide bonds. The van der Waals surface area contributed by atoms with Crippen molar-refractivity contribution >= 4 is 16.9 Å². The molecular weight excluding hydrogens is 368 g/mol. The summed E-state index contributed by atoms with van der Waals surface area (Å²) in [5, 5.41) is 11.2. The van der Waals surface area contributed by atoms with Gasteiger partial charge in [-0.25, -0.2) is 4.68 Å². The Bertz CT molecular complexity index is 997. The van der Waals surface area contributed by atoms with Crippen LogP contribution in [0.25, 0.3) is 11.0 Å². The van der Waals surface area contributed by atoms with Gasteiger partial charge in [-0.15, -0.1) is 5.10 Å². The number of benzene rings is 2. The number of hydrogen-bond donors (Lipinski definition) is 1. The van der Waals surface area contributed by atoms with Crippen LogP contribution in [-0.2, 0) is 17.8 Å². The molecule has 0 bridgehead atoms. The van der Waals surface area contributed by atoms with Crippen LogP contribution in [-0.4, -0.2) is 40.7 Å². The average Bonchev–Trinajstić information content (AvgIpc) is 3.06. The van der Waals surface area contributed by atoms with E-state index in [1.807, 2.05) is 58.0 Å². The van der Waals surface area contributed by atoms with E-state index in [1.165, 1.54) is 0 Å². The molecule has 7 heteroatoms. The van der Waals surface area contributed by atoms with Crippen molar-refractivity contribution in [3.05, 3.63) is 47.0 Å². The third kappa shape index (κ3) is 5.04. The number of aryl methyl sites for hydroxylation is 2. The molecule has 3 rings (SSSR count). The van der Waals surface area contributed by atoms with Gasteiger partial charge in [0.05, 0.1) is 18.7 Å². The number of amides is 1. The number of rotatable bonds is 9. The lowest BCUT2D eigenvalue weighted by Gasteiger charge is -2.12. The Kier molecular flexibility index (Phi) is 6.69. The first-order chi connectivity index (χ1) is 14.0. The quantitative estimate of drug-likeness (QED) is 0.601. The molecule has 2 aromatic carbocycles. The van der Waals surface area contributed by atoms with Crippen LogP contribution in [0.5, 0.6) is 11.5 Å². The molecular formula is C22H28N4O3. The Morgan fingerprint density at radius 3 is 2.52 bits per heavy atom. The van der Waals surface area contributed by atoms with Crippen molar-refractivity contribution in [1.29, 1.82) is 0 Å². The summed E-state index contributed by atoms with van der Waals surface area (Å²) in [6.07, 6.45) is 0.703. The largest absolute Gasteiger partial charge is 0.490 e. The maximum atomic E-state index is 12.4. The predicted octanol–water partition coefficient (Wildman–Crippen LogP) is 3.20. The van der Waals surface area contributed by atoms with Crippen molar-refractivity contribution in [2.45, 2.75) is 40.7 Å². The highest BCUT2D eigenvalue weighted by atomic mass is 16.5. The van der Waals surface area contributed by atoms with Crippen molar-refractivity contribution in [2.75, 3.05) is 19.8 Å². The molecule has 154 valence electrons. The van der Waals surface area contributed by atoms with Crippen LogP contribution < -0.4 is 14.8 Å². The van der Waals surface area contributed by atoms with Gasteiger partial charge in [-0.1, -0.05) is 11.3 Å². The fourth-order valence-electron chi connectivity index (χ4n) is 3.13. The van der Waals surface area contributed by atoms with Crippen LogP contribution in [0.3, 0.4) is 0 Å². The van der Waals surface area contributed by atoms with E-state index >= 15 is 0 Å². The average molecular weight is 396 g/mol. The van der Waals surface area contributed by atoms with Gasteiger partial charge >= 0.3 is 0 Å². The zero-order valence-corrected chi connectivity index (χ0v) is 17.5. The van der Waals surface area contributed by atoms with Crippen molar-refractivity contribution < 1.29 is 14.3 Å². The lowest BCUT2D eigenvalue weighted by atomic mass is 10.1. The van der Waals surface area contributed by atoms with E-state index in [-0.39, 0.29) is 12.5 Å². The molecule has 29 heavy (non-hydrogen) atoms. The van der Waals surface area contributed by atoms with Gasteiger partial charge in [0.2, 0.25) is 5.91 Å². The fraction of sp³-hybridized carbons (Fsp3) is 0.409. The van der Waals surface area contributed by atoms with Crippen molar-refractivity contribution in [1.82, 2.24) is 20.3 Å². The molecule has 1 N–H and O–H groups in total. The summed E-state index contributed by atoms with van der Waals surface area (Å²) in [4.78, 5) is 12.4. The summed E-state index contributed by atoms with van der Waals surface area (Å²) >= 11 is 0. The van der Waals surface area contributed by atoms with E-state index in [4.69, 9.17) is 9.47 Å². The molecule has 0 radical (unpaired) electrons. The SMILES string of the molecule is CCOc1ccc(CCNC(=O)Cn2nnc3cc(C)c(C)cc32)cc1OCC. The minimum absolute atomic E-state index is 0.0917. The van der Waals surface area contributed by atoms with E-state index < -0.39 is 0 Å². The summed E-state index contributed by atoms with van der Waals surface area (Å²) in [7, 11) is 0. The Hall–Kier alpha value is -3.09. The van der Waals surface area contributed by atoms with E-state index in [1.54, 1.807) is 4.68 Å². The maximum absolute atomic E-state index is 12.4. The lowest BCUT2D eigenvalue weighted by molar-refractivity contribution is -0.121. The van der Waals surface area contributed by atoms with Crippen LogP contribution in [0.4, 0.5) is 0 Å². The summed E-state index contributed by atoms with van der Waals surface area (Å²) < 4.78 is 12.9. The Morgan fingerprint density at radius 1 is 1.03 bits per heavy atom. The highest BCUT2D eigenvalue weighted by molar-refractivity contribution is 5.80. The number of carbonyl (C=O) groups is 1. The number of carbonyl (C=O) groups excluding carboxylic acids is 1. The molecule has 0 unspecified atom stereocenters. The molecule has 1 heterocycles. The van der Waals surface area contributed by atoms with Crippen LogP contribution in [0, 0.1) is 13.8 Å². The van der Waals surface area contributed by atoms with E-state index in [0.29, 0.717) is 26.2 Å². The minimum atomic E-state index is -0.0917. The molecule has 3 aromatic rings. The number of ether oxygens (including phenoxy) is 2. The van der Waals surface area contributed by atoms with E-state index in [2.05, 4.69) is 15.6 Å². The third-order valence-electron chi connectivity index (χ3n) is 4.77. The van der Waals surface area contributed by atoms with Gasteiger partial charge in [0.1, 0.15) is 12.1 Å². The summed E-state index contributed by atoms with van der Waals surface area (Å²) in [6.45, 7) is 9.81. The first-order valence-corrected chi connectivity index (χ1v) is 9.97. The van der Waals surface area contributed by atoms with Gasteiger partial charge in [0.25, 0.3) is 0 Å². The van der Waals surface area contributed by atoms with Gasteiger partial charge in [-0.2, -0.15) is 0 Å². The molecule has 0 aliphatic heterocycles. The summed E-state index contributed by atoms with van der Waals surface area (Å²) in [6, 6.07) is 9.89. The van der Waals surface area contributed by atoms with Crippen LogP contribution in [0.1, 0.15) is 30.5 Å². The second-order valence-electron chi connectivity index (χ2n) is 6.92. The summed E-state index contributed by atoms with van der Waals surface area (Å²) in [5.41, 5.74) is 5.07. The minimum Gasteiger partial charge on any atom is -0.490 e. The van der Waals surface area contributed by atoms with Gasteiger partial charge < -0.3 is 14.8 Å². The highest BCUT2D eigenvalue weighted by Gasteiger charge is 2.11. The first-order valence-electron chi connectivity index (χ1n) is 9.97.